The molecule has 2 atom stereocenters. The van der Waals surface area contributed by atoms with Gasteiger partial charge in [-0.15, -0.1) is 0 Å². The lowest BCUT2D eigenvalue weighted by Gasteiger charge is -2.38. The molecule has 2 aromatic rings. The maximum atomic E-state index is 13.9. The first-order valence-corrected chi connectivity index (χ1v) is 19.0. The van der Waals surface area contributed by atoms with E-state index in [4.69, 9.17) is 47.5 Å². The molecule has 3 aliphatic heterocycles. The number of rotatable bonds is 5. The Labute approximate surface area is 326 Å². The number of carboxylic acids is 2. The predicted octanol–water partition coefficient (Wildman–Crippen LogP) is 3.84. The van der Waals surface area contributed by atoms with Gasteiger partial charge in [-0.1, -0.05) is 23.7 Å². The topological polar surface area (TPSA) is 256 Å². The average molecular weight is 864 g/mol. The van der Waals surface area contributed by atoms with Crippen LogP contribution in [-0.2, 0) is 24.3 Å². The van der Waals surface area contributed by atoms with Crippen molar-refractivity contribution < 1.29 is 68.9 Å². The van der Waals surface area contributed by atoms with Crippen molar-refractivity contribution in [3.63, 3.8) is 0 Å². The van der Waals surface area contributed by atoms with Gasteiger partial charge in [0.05, 0.1) is 19.4 Å². The molecule has 18 nitrogen and oxygen atoms in total. The molecule has 318 valence electrons. The van der Waals surface area contributed by atoms with Crippen LogP contribution in [-0.4, -0.2) is 149 Å². The number of sulfonamides is 1. The zero-order valence-electron chi connectivity index (χ0n) is 30.2. The first-order valence-electron chi connectivity index (χ1n) is 16.7. The number of piperidine rings is 1. The van der Waals surface area contributed by atoms with E-state index in [9.17, 15) is 44.3 Å². The number of nitrogens with two attached hydrogens (primary N) is 1. The van der Waals surface area contributed by atoms with Crippen LogP contribution in [0.1, 0.15) is 31.1 Å². The number of alkyl halides is 6. The highest BCUT2D eigenvalue weighted by Gasteiger charge is 2.44. The van der Waals surface area contributed by atoms with Gasteiger partial charge in [-0.25, -0.2) is 36.9 Å². The predicted molar refractivity (Wildman–Crippen MR) is 190 cm³/mol. The zero-order valence-corrected chi connectivity index (χ0v) is 31.8. The number of carbonyl (C=O) groups excluding carboxylic acids is 2. The number of guanidine groups is 1. The number of nitrogens with zero attached hydrogens (tertiary/aromatic N) is 5. The molecule has 57 heavy (non-hydrogen) atoms. The summed E-state index contributed by atoms with van der Waals surface area (Å²) in [4.78, 5) is 56.7. The van der Waals surface area contributed by atoms with E-state index in [0.29, 0.717) is 74.6 Å². The Morgan fingerprint density at radius 3 is 1.86 bits per heavy atom. The quantitative estimate of drug-likeness (QED) is 0.143. The van der Waals surface area contributed by atoms with Crippen LogP contribution in [0, 0.1) is 17.2 Å². The molecule has 1 aromatic carbocycles. The van der Waals surface area contributed by atoms with Crippen LogP contribution in [0.4, 0.5) is 41.6 Å². The number of benzene rings is 1. The minimum Gasteiger partial charge on any atom is -0.475 e. The summed E-state index contributed by atoms with van der Waals surface area (Å²) in [5, 5.41) is 24.9. The summed E-state index contributed by atoms with van der Waals surface area (Å²) in [7, 11) is -1.94. The number of nitrogens with one attached hydrogen (secondary N) is 3. The number of carboxylic acid groups (broad SMARTS) is 2. The van der Waals surface area contributed by atoms with Gasteiger partial charge in [-0.05, 0) is 43.2 Å². The second-order valence-electron chi connectivity index (χ2n) is 12.9. The second-order valence-corrected chi connectivity index (χ2v) is 15.3. The molecule has 3 aliphatic rings. The van der Waals surface area contributed by atoms with Crippen LogP contribution >= 0.6 is 11.6 Å². The minimum atomic E-state index is -5.08. The summed E-state index contributed by atoms with van der Waals surface area (Å²) in [6.07, 6.45) is -7.35. The number of hydrogen-bond acceptors (Lipinski definition) is 9. The van der Waals surface area contributed by atoms with Crippen molar-refractivity contribution in [1.82, 2.24) is 29.0 Å². The molecule has 7 N–H and O–H groups in total. The van der Waals surface area contributed by atoms with Crippen LogP contribution in [0.3, 0.4) is 0 Å². The Morgan fingerprint density at radius 1 is 0.930 bits per heavy atom. The molecule has 0 spiro atoms. The standard InChI is InChI=1S/C27H38ClN9O5S.2C2HF3O2/c1-42-26(38)31-20-5-3-18(4-6-20)22-23(28)33-24(32-22)21-15-19(17-7-9-36(10-8-17)43(2,40)41)16-37(21)27(39)35-13-11-34(12-14-35)25(29)30;2*3-2(4,5)1(6)7/h3-6,17,19,21H,7-16H2,1-2H3,(H3,29,30)(H,31,38)(H,32,33);2*(H,6,7)/t19-,21-;;/m0../s1. The van der Waals surface area contributed by atoms with Gasteiger partial charge in [0.25, 0.3) is 0 Å². The van der Waals surface area contributed by atoms with E-state index >= 15 is 0 Å². The van der Waals surface area contributed by atoms with Crippen LogP contribution in [0.15, 0.2) is 24.3 Å². The number of H-pyrrole nitrogens is 1. The van der Waals surface area contributed by atoms with Gasteiger partial charge in [-0.2, -0.15) is 26.3 Å². The smallest absolute Gasteiger partial charge is 0.475 e. The number of imidazole rings is 1. The summed E-state index contributed by atoms with van der Waals surface area (Å²) in [6.45, 7) is 3.37. The van der Waals surface area contributed by atoms with Gasteiger partial charge in [0.1, 0.15) is 16.7 Å². The lowest BCUT2D eigenvalue weighted by atomic mass is 9.83. The van der Waals surface area contributed by atoms with Gasteiger partial charge < -0.3 is 40.4 Å². The van der Waals surface area contributed by atoms with E-state index < -0.39 is 40.4 Å². The molecule has 4 heterocycles. The fraction of sp³-hybridized carbons (Fsp3) is 0.548. The molecule has 0 aliphatic carbocycles. The van der Waals surface area contributed by atoms with Gasteiger partial charge in [0.2, 0.25) is 10.0 Å². The molecular weight excluding hydrogens is 824 g/mol. The largest absolute Gasteiger partial charge is 0.490 e. The molecule has 0 radical (unpaired) electrons. The van der Waals surface area contributed by atoms with Crippen molar-refractivity contribution in [3.05, 3.63) is 35.2 Å². The molecule has 5 rings (SSSR count). The van der Waals surface area contributed by atoms with Crippen LogP contribution in [0.5, 0.6) is 0 Å². The minimum absolute atomic E-state index is 0.00138. The number of halogens is 7. The number of aliphatic carboxylic acids is 2. The van der Waals surface area contributed by atoms with E-state index in [1.807, 2.05) is 4.90 Å². The fourth-order valence-electron chi connectivity index (χ4n) is 6.28. The molecule has 1 aromatic heterocycles. The maximum absolute atomic E-state index is 13.9. The number of aromatic nitrogens is 2. The number of methoxy groups -OCH3 is 1. The van der Waals surface area contributed by atoms with Crippen LogP contribution < -0.4 is 11.1 Å². The number of anilines is 1. The van der Waals surface area contributed by atoms with E-state index in [2.05, 4.69) is 15.0 Å². The van der Waals surface area contributed by atoms with E-state index in [0.717, 1.165) is 18.4 Å². The third-order valence-corrected chi connectivity index (χ3v) is 10.7. The first-order chi connectivity index (χ1) is 26.3. The molecular formula is C31H40ClF6N9O9S. The van der Waals surface area contributed by atoms with Crippen molar-refractivity contribution in [1.29, 1.82) is 5.41 Å². The highest BCUT2D eigenvalue weighted by Crippen LogP contribution is 2.43. The molecule has 3 fully saturated rings. The van der Waals surface area contributed by atoms with Gasteiger partial charge in [-0.3, -0.25) is 10.7 Å². The van der Waals surface area contributed by atoms with Crippen molar-refractivity contribution >= 4 is 57.3 Å². The Bertz CT molecular complexity index is 1840. The number of hydrogen-bond donors (Lipinski definition) is 6. The monoisotopic (exact) mass is 863 g/mol. The third kappa shape index (κ3) is 13.0. The first kappa shape index (κ1) is 46.3. The number of ether oxygens (including phenoxy) is 1. The number of urea groups is 1. The van der Waals surface area contributed by atoms with Crippen LogP contribution in [0.25, 0.3) is 11.3 Å². The lowest BCUT2D eigenvalue weighted by molar-refractivity contribution is -0.193. The lowest BCUT2D eigenvalue weighted by Crippen LogP contribution is -2.55. The summed E-state index contributed by atoms with van der Waals surface area (Å²) in [5.74, 6) is -4.49. The zero-order chi connectivity index (χ0) is 43.0. The number of likely N-dealkylation sites (tertiary alicyclic amines) is 1. The molecule has 0 bridgehead atoms. The molecule has 3 amide bonds. The summed E-state index contributed by atoms with van der Waals surface area (Å²) in [5.41, 5.74) is 7.49. The van der Waals surface area contributed by atoms with E-state index in [1.165, 1.54) is 17.7 Å². The highest BCUT2D eigenvalue weighted by atomic mass is 35.5. The van der Waals surface area contributed by atoms with Crippen molar-refractivity contribution in [2.75, 3.05) is 64.5 Å². The normalized spacial score (nSPS) is 19.4. The Balaban J connectivity index is 0.000000531. The van der Waals surface area contributed by atoms with Crippen LogP contribution in [0.2, 0.25) is 5.15 Å². The number of piperazine rings is 1. The summed E-state index contributed by atoms with van der Waals surface area (Å²) >= 11 is 6.65. The second kappa shape index (κ2) is 18.9. The van der Waals surface area contributed by atoms with Gasteiger partial charge in [0.15, 0.2) is 5.96 Å². The number of aromatic amines is 1. The third-order valence-electron chi connectivity index (χ3n) is 9.17. The van der Waals surface area contributed by atoms with E-state index in [1.54, 1.807) is 34.1 Å². The summed E-state index contributed by atoms with van der Waals surface area (Å²) in [6, 6.07) is 6.59. The molecule has 26 heteroatoms. The Hall–Kier alpha value is -5.04. The summed E-state index contributed by atoms with van der Waals surface area (Å²) < 4.78 is 93.8. The maximum Gasteiger partial charge on any atom is 0.490 e. The molecule has 0 saturated carbocycles. The van der Waals surface area contributed by atoms with Crippen molar-refractivity contribution in [2.45, 2.75) is 37.7 Å². The van der Waals surface area contributed by atoms with Gasteiger partial charge in [0, 0.05) is 57.1 Å². The average Bonchev–Trinajstić information content (AvgIpc) is 3.75. The van der Waals surface area contributed by atoms with Crippen molar-refractivity contribution in [3.8, 4) is 11.3 Å². The fourth-order valence-corrected chi connectivity index (χ4v) is 7.40. The Kier molecular flexibility index (Phi) is 15.4. The molecule has 0 unspecified atom stereocenters. The van der Waals surface area contributed by atoms with Crippen molar-refractivity contribution in [2.24, 2.45) is 17.6 Å². The highest BCUT2D eigenvalue weighted by molar-refractivity contribution is 7.88. The van der Waals surface area contributed by atoms with E-state index in [-0.39, 0.29) is 29.9 Å². The van der Waals surface area contributed by atoms with Gasteiger partial charge >= 0.3 is 36.4 Å². The Morgan fingerprint density at radius 2 is 1.42 bits per heavy atom. The molecule has 3 saturated heterocycles. The SMILES string of the molecule is COC(=O)Nc1ccc(-c2nc([C@@H]3C[C@H](C4CCN(S(C)(=O)=O)CC4)CN3C(=O)N3CCN(C(=N)N)CC3)[nH]c2Cl)cc1.O=C(O)C(F)(F)F.O=C(O)C(F)(F)F. The number of carbonyl (C=O) groups is 4. The number of amides is 3.